The van der Waals surface area contributed by atoms with Crippen molar-refractivity contribution in [1.82, 2.24) is 0 Å². The third kappa shape index (κ3) is 2.89. The van der Waals surface area contributed by atoms with Crippen LogP contribution in [0, 0.1) is 22.7 Å². The van der Waals surface area contributed by atoms with E-state index in [0.717, 1.165) is 10.2 Å². The molecule has 14 heavy (non-hydrogen) atoms. The number of nitrogens with zero attached hydrogens (tertiary/aromatic N) is 3. The van der Waals surface area contributed by atoms with Gasteiger partial charge in [0, 0.05) is 4.47 Å². The molecule has 68 valence electrons. The summed E-state index contributed by atoms with van der Waals surface area (Å²) < 4.78 is 0.952. The van der Waals surface area contributed by atoms with Crippen LogP contribution in [0.1, 0.15) is 0 Å². The Morgan fingerprint density at radius 3 is 2.29 bits per heavy atom. The van der Waals surface area contributed by atoms with Crippen LogP contribution < -0.4 is 5.43 Å². The molecule has 0 spiro atoms. The molecule has 0 aromatic heterocycles. The molecule has 0 saturated heterocycles. The zero-order valence-electron chi connectivity index (χ0n) is 7.03. The number of hydrogen-bond donors (Lipinski definition) is 1. The molecular weight excluding hydrogens is 244 g/mol. The Morgan fingerprint density at radius 2 is 1.79 bits per heavy atom. The molecule has 1 aromatic rings. The molecule has 0 amide bonds. The summed E-state index contributed by atoms with van der Waals surface area (Å²) in [5.41, 5.74) is 3.11. The van der Waals surface area contributed by atoms with E-state index < -0.39 is 0 Å². The van der Waals surface area contributed by atoms with E-state index in [4.69, 9.17) is 10.5 Å². The molecule has 1 N–H and O–H groups in total. The first-order valence-corrected chi connectivity index (χ1v) is 4.45. The van der Waals surface area contributed by atoms with Crippen LogP contribution in [0.2, 0.25) is 0 Å². The average Bonchev–Trinajstić information content (AvgIpc) is 2.22. The fourth-order valence-electron chi connectivity index (χ4n) is 0.720. The summed E-state index contributed by atoms with van der Waals surface area (Å²) in [5.74, 6) is 0. The van der Waals surface area contributed by atoms with Gasteiger partial charge < -0.3 is 0 Å². The number of rotatable bonds is 2. The lowest BCUT2D eigenvalue weighted by atomic mass is 10.3. The third-order valence-corrected chi connectivity index (χ3v) is 1.88. The van der Waals surface area contributed by atoms with Crippen molar-refractivity contribution in [2.24, 2.45) is 5.10 Å². The molecule has 0 fully saturated rings. The van der Waals surface area contributed by atoms with Crippen LogP contribution >= 0.6 is 15.9 Å². The van der Waals surface area contributed by atoms with Gasteiger partial charge in [-0.3, -0.25) is 5.43 Å². The van der Waals surface area contributed by atoms with Crippen LogP contribution in [-0.2, 0) is 0 Å². The Kier molecular flexibility index (Phi) is 3.66. The van der Waals surface area contributed by atoms with Crippen LogP contribution in [0.25, 0.3) is 0 Å². The number of nitriles is 2. The fraction of sp³-hybridized carbons (Fsp3) is 0. The van der Waals surface area contributed by atoms with Crippen LogP contribution in [-0.4, -0.2) is 5.71 Å². The Bertz CT molecular complexity index is 406. The maximum atomic E-state index is 8.40. The predicted octanol–water partition coefficient (Wildman–Crippen LogP) is 2.26. The van der Waals surface area contributed by atoms with E-state index in [9.17, 15) is 0 Å². The van der Waals surface area contributed by atoms with Crippen molar-refractivity contribution in [2.45, 2.75) is 0 Å². The lowest BCUT2D eigenvalue weighted by Gasteiger charge is -1.98. The maximum absolute atomic E-state index is 8.40. The summed E-state index contributed by atoms with van der Waals surface area (Å²) in [6.07, 6.45) is 0. The van der Waals surface area contributed by atoms with Gasteiger partial charge in [0.1, 0.15) is 12.1 Å². The van der Waals surface area contributed by atoms with Gasteiger partial charge in [0.05, 0.1) is 5.69 Å². The van der Waals surface area contributed by atoms with E-state index in [1.807, 2.05) is 12.1 Å². The number of halogens is 1. The number of anilines is 1. The highest BCUT2D eigenvalue weighted by atomic mass is 79.9. The number of nitrogens with one attached hydrogen (secondary N) is 1. The Labute approximate surface area is 89.6 Å². The summed E-state index contributed by atoms with van der Waals surface area (Å²) in [5, 5.41) is 20.4. The smallest absolute Gasteiger partial charge is 0.237 e. The zero-order valence-corrected chi connectivity index (χ0v) is 8.62. The summed E-state index contributed by atoms with van der Waals surface area (Å²) >= 11 is 3.28. The van der Waals surface area contributed by atoms with Crippen molar-refractivity contribution in [3.05, 3.63) is 28.7 Å². The molecule has 5 heteroatoms. The normalized spacial score (nSPS) is 8.21. The molecule has 0 aliphatic rings. The minimum absolute atomic E-state index is 0.201. The molecule has 4 nitrogen and oxygen atoms in total. The highest BCUT2D eigenvalue weighted by Crippen LogP contribution is 2.13. The second-order valence-corrected chi connectivity index (χ2v) is 3.22. The zero-order chi connectivity index (χ0) is 10.4. The van der Waals surface area contributed by atoms with Crippen LogP contribution in [0.4, 0.5) is 5.69 Å². The second-order valence-electron chi connectivity index (χ2n) is 2.30. The van der Waals surface area contributed by atoms with Gasteiger partial charge in [-0.15, -0.1) is 0 Å². The van der Waals surface area contributed by atoms with Crippen LogP contribution in [0.3, 0.4) is 0 Å². The van der Waals surface area contributed by atoms with Crippen LogP contribution in [0.5, 0.6) is 0 Å². The standard InChI is InChI=1S/C9H5BrN4/c10-7-1-3-8(4-2-7)13-14-9(5-11)6-12/h1-4,13H. The lowest BCUT2D eigenvalue weighted by Crippen LogP contribution is -1.95. The minimum atomic E-state index is -0.201. The van der Waals surface area contributed by atoms with Crippen molar-refractivity contribution in [3.8, 4) is 12.1 Å². The van der Waals surface area contributed by atoms with Gasteiger partial charge in [0.2, 0.25) is 5.71 Å². The first-order valence-electron chi connectivity index (χ1n) is 3.65. The quantitative estimate of drug-likeness (QED) is 0.645. The largest absolute Gasteiger partial charge is 0.277 e. The van der Waals surface area contributed by atoms with E-state index in [-0.39, 0.29) is 5.71 Å². The number of hydrazone groups is 1. The minimum Gasteiger partial charge on any atom is -0.277 e. The third-order valence-electron chi connectivity index (χ3n) is 1.35. The second kappa shape index (κ2) is 5.00. The van der Waals surface area contributed by atoms with E-state index in [0.29, 0.717) is 0 Å². The molecular formula is C9H5BrN4. The summed E-state index contributed by atoms with van der Waals surface area (Å²) in [4.78, 5) is 0. The highest BCUT2D eigenvalue weighted by Gasteiger charge is 1.93. The molecule has 0 unspecified atom stereocenters. The molecule has 0 bridgehead atoms. The van der Waals surface area contributed by atoms with Gasteiger partial charge in [0.15, 0.2) is 0 Å². The molecule has 0 aliphatic carbocycles. The Balaban J connectivity index is 2.73. The fourth-order valence-corrected chi connectivity index (χ4v) is 0.984. The Morgan fingerprint density at radius 1 is 1.21 bits per heavy atom. The van der Waals surface area contributed by atoms with E-state index in [1.165, 1.54) is 0 Å². The van der Waals surface area contributed by atoms with Crippen molar-refractivity contribution in [2.75, 3.05) is 5.43 Å². The van der Waals surface area contributed by atoms with E-state index in [1.54, 1.807) is 24.3 Å². The maximum Gasteiger partial charge on any atom is 0.237 e. The summed E-state index contributed by atoms with van der Waals surface area (Å²) in [6, 6.07) is 10.5. The molecule has 0 radical (unpaired) electrons. The van der Waals surface area contributed by atoms with E-state index >= 15 is 0 Å². The van der Waals surface area contributed by atoms with Gasteiger partial charge in [0.25, 0.3) is 0 Å². The average molecular weight is 249 g/mol. The van der Waals surface area contributed by atoms with Crippen molar-refractivity contribution in [1.29, 1.82) is 10.5 Å². The SMILES string of the molecule is N#CC(C#N)=NNc1ccc(Br)cc1. The predicted molar refractivity (Wildman–Crippen MR) is 56.4 cm³/mol. The molecule has 0 saturated carbocycles. The first kappa shape index (κ1) is 10.2. The summed E-state index contributed by atoms with van der Waals surface area (Å²) in [7, 11) is 0. The Hall–Kier alpha value is -1.85. The number of hydrogen-bond acceptors (Lipinski definition) is 4. The van der Waals surface area contributed by atoms with Crippen LogP contribution in [0.15, 0.2) is 33.8 Å². The topological polar surface area (TPSA) is 72.0 Å². The molecule has 0 aliphatic heterocycles. The molecule has 1 rings (SSSR count). The first-order chi connectivity index (χ1) is 6.76. The lowest BCUT2D eigenvalue weighted by molar-refractivity contribution is 1.34. The monoisotopic (exact) mass is 248 g/mol. The molecule has 0 atom stereocenters. The molecule has 0 heterocycles. The van der Waals surface area contributed by atoms with Gasteiger partial charge in [-0.05, 0) is 24.3 Å². The van der Waals surface area contributed by atoms with Gasteiger partial charge in [-0.2, -0.15) is 15.6 Å². The molecule has 1 aromatic carbocycles. The van der Waals surface area contributed by atoms with Crippen molar-refractivity contribution < 1.29 is 0 Å². The van der Waals surface area contributed by atoms with Crippen molar-refractivity contribution in [3.63, 3.8) is 0 Å². The highest BCUT2D eigenvalue weighted by molar-refractivity contribution is 9.10. The van der Waals surface area contributed by atoms with Crippen molar-refractivity contribution >= 4 is 27.3 Å². The number of benzene rings is 1. The van der Waals surface area contributed by atoms with Gasteiger partial charge in [-0.25, -0.2) is 0 Å². The van der Waals surface area contributed by atoms with E-state index in [2.05, 4.69) is 26.5 Å². The van der Waals surface area contributed by atoms with Gasteiger partial charge in [-0.1, -0.05) is 15.9 Å². The summed E-state index contributed by atoms with van der Waals surface area (Å²) in [6.45, 7) is 0. The van der Waals surface area contributed by atoms with Gasteiger partial charge >= 0.3 is 0 Å².